The maximum absolute atomic E-state index is 13.0. The van der Waals surface area contributed by atoms with Crippen LogP contribution in [-0.4, -0.2) is 24.4 Å². The first-order valence-corrected chi connectivity index (χ1v) is 10.1. The maximum Gasteiger partial charge on any atom is 0.263 e. The van der Waals surface area contributed by atoms with E-state index in [0.29, 0.717) is 16.3 Å². The third kappa shape index (κ3) is 3.11. The monoisotopic (exact) mass is 415 g/mol. The van der Waals surface area contributed by atoms with Crippen LogP contribution in [0.2, 0.25) is 5.02 Å². The Labute approximate surface area is 166 Å². The lowest BCUT2D eigenvalue weighted by molar-refractivity contribution is 0.0935. The van der Waals surface area contributed by atoms with E-state index in [1.807, 2.05) is 0 Å². The van der Waals surface area contributed by atoms with Gasteiger partial charge >= 0.3 is 0 Å². The summed E-state index contributed by atoms with van der Waals surface area (Å²) in [5, 5.41) is 11.0. The Bertz CT molecular complexity index is 1150. The molecule has 142 valence electrons. The highest BCUT2D eigenvalue weighted by Gasteiger charge is 2.39. The number of hydrogen-bond donors (Lipinski definition) is 2. The predicted molar refractivity (Wildman–Crippen MR) is 105 cm³/mol. The number of rotatable bonds is 4. The van der Waals surface area contributed by atoms with Crippen molar-refractivity contribution >= 4 is 38.9 Å². The van der Waals surface area contributed by atoms with Gasteiger partial charge in [-0.25, -0.2) is 8.42 Å². The second-order valence-electron chi connectivity index (χ2n) is 6.09. The first kappa shape index (κ1) is 18.4. The Balaban J connectivity index is 1.74. The van der Waals surface area contributed by atoms with E-state index in [0.717, 1.165) is 4.90 Å². The molecule has 1 atom stereocenters. The molecule has 28 heavy (non-hydrogen) atoms. The molecule has 1 aliphatic heterocycles. The van der Waals surface area contributed by atoms with Crippen molar-refractivity contribution in [1.82, 2.24) is 4.98 Å². The maximum atomic E-state index is 13.0. The summed E-state index contributed by atoms with van der Waals surface area (Å²) < 4.78 is 27.8. The zero-order valence-corrected chi connectivity index (χ0v) is 15.9. The standard InChI is InChI=1S/C19H14ClN3O4S/c20-12-6-8-14(9-7-12)28(26,27)22-16-5-1-4-15-17(16)19(25)23(18(15)24)13-3-2-10-21-11-13/h1-11,18,22,24H. The van der Waals surface area contributed by atoms with Gasteiger partial charge in [0.1, 0.15) is 0 Å². The van der Waals surface area contributed by atoms with E-state index in [2.05, 4.69) is 9.71 Å². The third-order valence-corrected chi connectivity index (χ3v) is 5.98. The lowest BCUT2D eigenvalue weighted by atomic mass is 10.1. The molecule has 0 radical (unpaired) electrons. The van der Waals surface area contributed by atoms with Crippen LogP contribution in [-0.2, 0) is 10.0 Å². The number of hydrogen-bond acceptors (Lipinski definition) is 5. The molecule has 2 N–H and O–H groups in total. The zero-order valence-electron chi connectivity index (χ0n) is 14.3. The van der Waals surface area contributed by atoms with Crippen molar-refractivity contribution in [1.29, 1.82) is 0 Å². The van der Waals surface area contributed by atoms with Gasteiger partial charge in [0, 0.05) is 16.8 Å². The molecule has 4 rings (SSSR count). The number of aliphatic hydroxyl groups is 1. The van der Waals surface area contributed by atoms with Crippen LogP contribution in [0.25, 0.3) is 0 Å². The van der Waals surface area contributed by atoms with Gasteiger partial charge in [0.15, 0.2) is 6.23 Å². The van der Waals surface area contributed by atoms with Crippen molar-refractivity contribution < 1.29 is 18.3 Å². The minimum atomic E-state index is -3.95. The Morgan fingerprint density at radius 3 is 2.50 bits per heavy atom. The van der Waals surface area contributed by atoms with E-state index in [4.69, 9.17) is 11.6 Å². The van der Waals surface area contributed by atoms with Crippen molar-refractivity contribution in [3.8, 4) is 0 Å². The van der Waals surface area contributed by atoms with Crippen molar-refractivity contribution in [3.63, 3.8) is 0 Å². The minimum absolute atomic E-state index is 0.00427. The molecule has 9 heteroatoms. The van der Waals surface area contributed by atoms with Crippen LogP contribution < -0.4 is 9.62 Å². The van der Waals surface area contributed by atoms with E-state index in [-0.39, 0.29) is 16.1 Å². The first-order valence-electron chi connectivity index (χ1n) is 8.21. The Morgan fingerprint density at radius 1 is 1.07 bits per heavy atom. The molecule has 0 saturated carbocycles. The molecule has 1 aromatic heterocycles. The van der Waals surface area contributed by atoms with Crippen LogP contribution in [0.4, 0.5) is 11.4 Å². The molecule has 0 saturated heterocycles. The molecular weight excluding hydrogens is 402 g/mol. The van der Waals surface area contributed by atoms with Crippen LogP contribution in [0.5, 0.6) is 0 Å². The van der Waals surface area contributed by atoms with E-state index < -0.39 is 22.2 Å². The molecular formula is C19H14ClN3O4S. The van der Waals surface area contributed by atoms with Crippen LogP contribution in [0.3, 0.4) is 0 Å². The molecule has 3 aromatic rings. The number of halogens is 1. The molecule has 2 heterocycles. The molecule has 0 spiro atoms. The third-order valence-electron chi connectivity index (χ3n) is 4.34. The number of nitrogens with zero attached hydrogens (tertiary/aromatic N) is 2. The topological polar surface area (TPSA) is 99.6 Å². The predicted octanol–water partition coefficient (Wildman–Crippen LogP) is 3.19. The molecule has 0 bridgehead atoms. The number of aromatic nitrogens is 1. The quantitative estimate of drug-likeness (QED) is 0.681. The second kappa shape index (κ2) is 6.90. The van der Waals surface area contributed by atoms with Gasteiger partial charge in [-0.15, -0.1) is 0 Å². The number of carbonyl (C=O) groups excluding carboxylic acids is 1. The molecule has 7 nitrogen and oxygen atoms in total. The van der Waals surface area contributed by atoms with Crippen LogP contribution in [0, 0.1) is 0 Å². The normalized spacial score (nSPS) is 16.1. The van der Waals surface area contributed by atoms with Gasteiger partial charge < -0.3 is 5.11 Å². The molecule has 1 amide bonds. The number of sulfonamides is 1. The second-order valence-corrected chi connectivity index (χ2v) is 8.21. The van der Waals surface area contributed by atoms with Crippen molar-refractivity contribution in [2.24, 2.45) is 0 Å². The highest BCUT2D eigenvalue weighted by Crippen LogP contribution is 2.39. The van der Waals surface area contributed by atoms with Gasteiger partial charge in [-0.1, -0.05) is 23.7 Å². The van der Waals surface area contributed by atoms with Crippen LogP contribution >= 0.6 is 11.6 Å². The van der Waals surface area contributed by atoms with Crippen molar-refractivity contribution in [2.45, 2.75) is 11.1 Å². The lowest BCUT2D eigenvalue weighted by Crippen LogP contribution is -2.27. The Hall–Kier alpha value is -2.94. The number of aliphatic hydroxyl groups excluding tert-OH is 1. The summed E-state index contributed by atoms with van der Waals surface area (Å²) >= 11 is 5.81. The van der Waals surface area contributed by atoms with Gasteiger partial charge in [-0.3, -0.25) is 19.4 Å². The number of amides is 1. The molecule has 1 unspecified atom stereocenters. The smallest absolute Gasteiger partial charge is 0.263 e. The zero-order chi connectivity index (χ0) is 19.9. The average molecular weight is 416 g/mol. The summed E-state index contributed by atoms with van der Waals surface area (Å²) in [6.45, 7) is 0. The van der Waals surface area contributed by atoms with E-state index in [1.54, 1.807) is 30.5 Å². The minimum Gasteiger partial charge on any atom is -0.369 e. The fraction of sp³-hybridized carbons (Fsp3) is 0.0526. The molecule has 2 aromatic carbocycles. The molecule has 1 aliphatic rings. The summed E-state index contributed by atoms with van der Waals surface area (Å²) in [6, 6.07) is 13.6. The fourth-order valence-corrected chi connectivity index (χ4v) is 4.25. The Morgan fingerprint density at radius 2 is 1.82 bits per heavy atom. The number of fused-ring (bicyclic) bond motifs is 1. The van der Waals surface area contributed by atoms with Crippen LogP contribution in [0.1, 0.15) is 22.1 Å². The number of anilines is 2. The van der Waals surface area contributed by atoms with Crippen molar-refractivity contribution in [2.75, 3.05) is 9.62 Å². The van der Waals surface area contributed by atoms with Gasteiger partial charge in [0.05, 0.1) is 28.0 Å². The van der Waals surface area contributed by atoms with E-state index in [1.165, 1.54) is 36.5 Å². The highest BCUT2D eigenvalue weighted by molar-refractivity contribution is 7.92. The van der Waals surface area contributed by atoms with Crippen molar-refractivity contribution in [3.05, 3.63) is 83.1 Å². The number of benzene rings is 2. The Kier molecular flexibility index (Phi) is 4.54. The number of pyridine rings is 1. The van der Waals surface area contributed by atoms with Gasteiger partial charge in [0.2, 0.25) is 0 Å². The van der Waals surface area contributed by atoms with E-state index in [9.17, 15) is 18.3 Å². The number of carbonyl (C=O) groups is 1. The highest BCUT2D eigenvalue weighted by atomic mass is 35.5. The largest absolute Gasteiger partial charge is 0.369 e. The lowest BCUT2D eigenvalue weighted by Gasteiger charge is -2.20. The summed E-state index contributed by atoms with van der Waals surface area (Å²) in [4.78, 5) is 18.1. The fourth-order valence-electron chi connectivity index (χ4n) is 3.05. The van der Waals surface area contributed by atoms with E-state index >= 15 is 0 Å². The summed E-state index contributed by atoms with van der Waals surface area (Å²) in [6.07, 6.45) is 1.76. The van der Waals surface area contributed by atoms with Gasteiger partial charge in [-0.2, -0.15) is 0 Å². The summed E-state index contributed by atoms with van der Waals surface area (Å²) in [5.41, 5.74) is 0.896. The summed E-state index contributed by atoms with van der Waals surface area (Å²) in [5.74, 6) is -0.523. The average Bonchev–Trinajstić information content (AvgIpc) is 2.94. The van der Waals surface area contributed by atoms with Gasteiger partial charge in [-0.05, 0) is 42.5 Å². The SMILES string of the molecule is O=C1c2c(NS(=O)(=O)c3ccc(Cl)cc3)cccc2C(O)N1c1cccnc1. The summed E-state index contributed by atoms with van der Waals surface area (Å²) in [7, 11) is -3.95. The first-order chi connectivity index (χ1) is 13.4. The number of nitrogens with one attached hydrogen (secondary N) is 1. The van der Waals surface area contributed by atoms with Gasteiger partial charge in [0.25, 0.3) is 15.9 Å². The van der Waals surface area contributed by atoms with Crippen LogP contribution in [0.15, 0.2) is 71.9 Å². The molecule has 0 fully saturated rings. The molecule has 0 aliphatic carbocycles.